The van der Waals surface area contributed by atoms with Crippen molar-refractivity contribution in [2.45, 2.75) is 13.8 Å². The molecule has 5 heteroatoms. The quantitative estimate of drug-likeness (QED) is 0.780. The van der Waals surface area contributed by atoms with Crippen molar-refractivity contribution < 1.29 is 9.15 Å². The van der Waals surface area contributed by atoms with Crippen molar-refractivity contribution in [1.29, 1.82) is 0 Å². The van der Waals surface area contributed by atoms with Gasteiger partial charge in [0.25, 0.3) is 0 Å². The molecule has 0 N–H and O–H groups in total. The van der Waals surface area contributed by atoms with Gasteiger partial charge in [-0.25, -0.2) is 4.79 Å². The molecule has 1 fully saturated rings. The number of aromatic nitrogens is 1. The van der Waals surface area contributed by atoms with Crippen molar-refractivity contribution >= 4 is 16.9 Å². The average molecular weight is 260 g/mol. The van der Waals surface area contributed by atoms with Crippen molar-refractivity contribution in [3.63, 3.8) is 0 Å². The highest BCUT2D eigenvalue weighted by Crippen LogP contribution is 2.21. The van der Waals surface area contributed by atoms with Gasteiger partial charge in [0.05, 0.1) is 24.1 Å². The molecule has 0 spiro atoms. The van der Waals surface area contributed by atoms with Crippen molar-refractivity contribution in [3.8, 4) is 0 Å². The lowest BCUT2D eigenvalue weighted by molar-refractivity contribution is 0.120. The summed E-state index contributed by atoms with van der Waals surface area (Å²) in [6.45, 7) is 6.52. The number of aryl methyl sites for hydroxylation is 2. The van der Waals surface area contributed by atoms with Gasteiger partial charge in [0.1, 0.15) is 0 Å². The zero-order valence-corrected chi connectivity index (χ0v) is 11.1. The molecule has 1 aromatic carbocycles. The lowest BCUT2D eigenvalue weighted by atomic mass is 10.1. The zero-order chi connectivity index (χ0) is 13.4. The SMILES string of the molecule is Cc1ccc(C)c2c(=O)oc(N3CCOCC3)nc12. The second kappa shape index (κ2) is 4.66. The summed E-state index contributed by atoms with van der Waals surface area (Å²) in [5.41, 5.74) is 2.31. The van der Waals surface area contributed by atoms with Crippen molar-refractivity contribution in [2.24, 2.45) is 0 Å². The van der Waals surface area contributed by atoms with E-state index in [4.69, 9.17) is 9.15 Å². The van der Waals surface area contributed by atoms with Crippen molar-refractivity contribution in [1.82, 2.24) is 4.98 Å². The Morgan fingerprint density at radius 1 is 1.16 bits per heavy atom. The zero-order valence-electron chi connectivity index (χ0n) is 11.1. The minimum Gasteiger partial charge on any atom is -0.389 e. The highest BCUT2D eigenvalue weighted by Gasteiger charge is 2.18. The van der Waals surface area contributed by atoms with E-state index in [0.29, 0.717) is 37.7 Å². The number of morpholine rings is 1. The third-order valence-electron chi connectivity index (χ3n) is 3.47. The number of hydrogen-bond acceptors (Lipinski definition) is 5. The topological polar surface area (TPSA) is 55.6 Å². The Bertz CT molecular complexity index is 672. The van der Waals surface area contributed by atoms with Gasteiger partial charge in [0.2, 0.25) is 0 Å². The third kappa shape index (κ3) is 2.10. The minimum atomic E-state index is -0.312. The number of benzene rings is 1. The van der Waals surface area contributed by atoms with Crippen LogP contribution in [0.15, 0.2) is 21.3 Å². The molecule has 1 aromatic heterocycles. The van der Waals surface area contributed by atoms with E-state index in [2.05, 4.69) is 4.98 Å². The Hall–Kier alpha value is -1.88. The molecule has 0 amide bonds. The fourth-order valence-corrected chi connectivity index (χ4v) is 2.34. The van der Waals surface area contributed by atoms with Gasteiger partial charge in [-0.05, 0) is 25.0 Å². The number of ether oxygens (including phenoxy) is 1. The van der Waals surface area contributed by atoms with Gasteiger partial charge in [-0.15, -0.1) is 0 Å². The molecule has 19 heavy (non-hydrogen) atoms. The maximum absolute atomic E-state index is 12.2. The predicted octanol–water partition coefficient (Wildman–Crippen LogP) is 1.64. The first-order valence-corrected chi connectivity index (χ1v) is 6.40. The number of nitrogens with zero attached hydrogens (tertiary/aromatic N) is 2. The van der Waals surface area contributed by atoms with E-state index in [1.54, 1.807) is 0 Å². The van der Waals surface area contributed by atoms with Gasteiger partial charge in [-0.1, -0.05) is 12.1 Å². The van der Waals surface area contributed by atoms with E-state index in [0.717, 1.165) is 16.6 Å². The number of anilines is 1. The van der Waals surface area contributed by atoms with Gasteiger partial charge in [-0.2, -0.15) is 4.98 Å². The molecule has 5 nitrogen and oxygen atoms in total. The van der Waals surface area contributed by atoms with Crippen LogP contribution in [0.4, 0.5) is 6.01 Å². The fourth-order valence-electron chi connectivity index (χ4n) is 2.34. The van der Waals surface area contributed by atoms with Crippen LogP contribution in [0.3, 0.4) is 0 Å². The monoisotopic (exact) mass is 260 g/mol. The summed E-state index contributed by atoms with van der Waals surface area (Å²) >= 11 is 0. The van der Waals surface area contributed by atoms with Crippen LogP contribution in [0, 0.1) is 13.8 Å². The highest BCUT2D eigenvalue weighted by molar-refractivity contribution is 5.84. The van der Waals surface area contributed by atoms with E-state index in [-0.39, 0.29) is 5.63 Å². The Balaban J connectivity index is 2.18. The second-order valence-corrected chi connectivity index (χ2v) is 4.81. The summed E-state index contributed by atoms with van der Waals surface area (Å²) in [5, 5.41) is 0.581. The van der Waals surface area contributed by atoms with E-state index < -0.39 is 0 Å². The summed E-state index contributed by atoms with van der Waals surface area (Å²) in [7, 11) is 0. The average Bonchev–Trinajstić information content (AvgIpc) is 2.43. The van der Waals surface area contributed by atoms with Crippen LogP contribution in [-0.4, -0.2) is 31.3 Å². The van der Waals surface area contributed by atoms with Crippen LogP contribution in [0.2, 0.25) is 0 Å². The van der Waals surface area contributed by atoms with E-state index in [1.165, 1.54) is 0 Å². The fraction of sp³-hybridized carbons (Fsp3) is 0.429. The smallest absolute Gasteiger partial charge is 0.348 e. The summed E-state index contributed by atoms with van der Waals surface area (Å²) in [6.07, 6.45) is 0. The molecule has 100 valence electrons. The largest absolute Gasteiger partial charge is 0.389 e. The molecule has 1 saturated heterocycles. The van der Waals surface area contributed by atoms with Crippen LogP contribution in [0.1, 0.15) is 11.1 Å². The number of fused-ring (bicyclic) bond motifs is 1. The third-order valence-corrected chi connectivity index (χ3v) is 3.47. The molecule has 3 rings (SSSR count). The molecule has 1 aliphatic heterocycles. The summed E-state index contributed by atoms with van der Waals surface area (Å²) in [4.78, 5) is 18.6. The van der Waals surface area contributed by atoms with Gasteiger partial charge in [-0.3, -0.25) is 0 Å². The first-order valence-electron chi connectivity index (χ1n) is 6.40. The summed E-state index contributed by atoms with van der Waals surface area (Å²) in [6, 6.07) is 4.30. The highest BCUT2D eigenvalue weighted by atomic mass is 16.5. The first-order chi connectivity index (χ1) is 9.16. The van der Waals surface area contributed by atoms with Crippen LogP contribution in [0.5, 0.6) is 0 Å². The molecule has 0 unspecified atom stereocenters. The van der Waals surface area contributed by atoms with Crippen molar-refractivity contribution in [3.05, 3.63) is 33.7 Å². The van der Waals surface area contributed by atoms with Crippen molar-refractivity contribution in [2.75, 3.05) is 31.2 Å². The first kappa shape index (κ1) is 12.2. The maximum atomic E-state index is 12.2. The molecule has 0 radical (unpaired) electrons. The molecule has 0 atom stereocenters. The van der Waals surface area contributed by atoms with E-state index in [9.17, 15) is 4.79 Å². The molecule has 2 heterocycles. The normalized spacial score (nSPS) is 16.0. The van der Waals surface area contributed by atoms with E-state index in [1.807, 2.05) is 30.9 Å². The minimum absolute atomic E-state index is 0.312. The lowest BCUT2D eigenvalue weighted by Crippen LogP contribution is -2.37. The number of rotatable bonds is 1. The Morgan fingerprint density at radius 2 is 1.84 bits per heavy atom. The summed E-state index contributed by atoms with van der Waals surface area (Å²) < 4.78 is 10.7. The molecular formula is C14H16N2O3. The van der Waals surface area contributed by atoms with Gasteiger partial charge in [0.15, 0.2) is 0 Å². The molecule has 2 aromatic rings. The molecule has 0 bridgehead atoms. The van der Waals surface area contributed by atoms with Crippen LogP contribution in [0.25, 0.3) is 10.9 Å². The van der Waals surface area contributed by atoms with Gasteiger partial charge in [0, 0.05) is 13.1 Å². The maximum Gasteiger partial charge on any atom is 0.348 e. The van der Waals surface area contributed by atoms with E-state index >= 15 is 0 Å². The lowest BCUT2D eigenvalue weighted by Gasteiger charge is -2.26. The Labute approximate surface area is 110 Å². The molecular weight excluding hydrogens is 244 g/mol. The predicted molar refractivity (Wildman–Crippen MR) is 72.8 cm³/mol. The van der Waals surface area contributed by atoms with Crippen LogP contribution < -0.4 is 10.5 Å². The standard InChI is InChI=1S/C14H16N2O3/c1-9-3-4-10(2)12-11(9)13(17)19-14(15-12)16-5-7-18-8-6-16/h3-4H,5-8H2,1-2H3. The van der Waals surface area contributed by atoms with Crippen LogP contribution in [-0.2, 0) is 4.74 Å². The molecule has 0 aliphatic carbocycles. The molecule has 0 saturated carbocycles. The molecule has 1 aliphatic rings. The second-order valence-electron chi connectivity index (χ2n) is 4.81. The summed E-state index contributed by atoms with van der Waals surface area (Å²) in [5.74, 6) is 0. The van der Waals surface area contributed by atoms with Gasteiger partial charge < -0.3 is 14.1 Å². The van der Waals surface area contributed by atoms with Gasteiger partial charge >= 0.3 is 11.6 Å². The number of hydrogen-bond donors (Lipinski definition) is 0. The Morgan fingerprint density at radius 3 is 2.58 bits per heavy atom. The Kier molecular flexibility index (Phi) is 2.98. The van der Waals surface area contributed by atoms with Crippen LogP contribution >= 0.6 is 0 Å².